The molecule has 0 aromatic carbocycles. The number of nitrogens with two attached hydrogens (primary N) is 1. The van der Waals surface area contributed by atoms with Gasteiger partial charge in [0.05, 0.1) is 10.9 Å². The van der Waals surface area contributed by atoms with Crippen molar-refractivity contribution in [3.63, 3.8) is 0 Å². The second kappa shape index (κ2) is 8.00. The zero-order valence-electron chi connectivity index (χ0n) is 11.3. The summed E-state index contributed by atoms with van der Waals surface area (Å²) < 4.78 is 0. The highest BCUT2D eigenvalue weighted by atomic mass is 32.2. The van der Waals surface area contributed by atoms with Crippen LogP contribution in [0.1, 0.15) is 45.4 Å². The largest absolute Gasteiger partial charge is 0.393 e. The summed E-state index contributed by atoms with van der Waals surface area (Å²) in [5, 5.41) is 3.88. The van der Waals surface area contributed by atoms with Crippen LogP contribution in [-0.2, 0) is 4.79 Å². The van der Waals surface area contributed by atoms with E-state index in [-0.39, 0.29) is 11.8 Å². The smallest absolute Gasteiger partial charge is 0.230 e. The van der Waals surface area contributed by atoms with Gasteiger partial charge < -0.3 is 11.1 Å². The Balaban J connectivity index is 2.41. The van der Waals surface area contributed by atoms with E-state index in [9.17, 15) is 4.79 Å². The highest BCUT2D eigenvalue weighted by Crippen LogP contribution is 2.27. The van der Waals surface area contributed by atoms with Gasteiger partial charge in [-0.15, -0.1) is 0 Å². The molecule has 5 heteroatoms. The number of carbonyl (C=O) groups excluding carboxylic acids is 1. The van der Waals surface area contributed by atoms with Crippen molar-refractivity contribution in [2.75, 3.05) is 6.26 Å². The molecule has 0 radical (unpaired) electrons. The molecule has 0 spiro atoms. The summed E-state index contributed by atoms with van der Waals surface area (Å²) in [5.41, 5.74) is 5.64. The van der Waals surface area contributed by atoms with Gasteiger partial charge in [0.1, 0.15) is 0 Å². The van der Waals surface area contributed by atoms with E-state index in [1.165, 1.54) is 12.8 Å². The Bertz CT molecular complexity index is 289. The molecular weight excluding hydrogens is 264 g/mol. The standard InChI is InChI=1S/C13H24N2OS2/c1-3-4-11(12(14)17)13(16)15-9-5-7-10(18-2)8-6-9/h9-11H,3-8H2,1-2H3,(H2,14,17)(H,15,16). The number of hydrogen-bond acceptors (Lipinski definition) is 3. The van der Waals surface area contributed by atoms with Crippen molar-refractivity contribution >= 4 is 34.9 Å². The zero-order valence-corrected chi connectivity index (χ0v) is 12.9. The van der Waals surface area contributed by atoms with Gasteiger partial charge in [-0.05, 0) is 38.4 Å². The van der Waals surface area contributed by atoms with Gasteiger partial charge in [-0.1, -0.05) is 25.6 Å². The average Bonchev–Trinajstić information content (AvgIpc) is 2.36. The molecule has 1 rings (SSSR count). The first kappa shape index (κ1) is 15.8. The first-order valence-electron chi connectivity index (χ1n) is 6.71. The van der Waals surface area contributed by atoms with Crippen molar-refractivity contribution in [2.24, 2.45) is 11.7 Å². The third kappa shape index (κ3) is 4.76. The fourth-order valence-corrected chi connectivity index (χ4v) is 3.40. The molecule has 1 unspecified atom stereocenters. The number of nitrogens with one attached hydrogen (secondary N) is 1. The Morgan fingerprint density at radius 3 is 2.50 bits per heavy atom. The SMILES string of the molecule is CCCC(C(=O)NC1CCC(SC)CC1)C(N)=S. The molecule has 1 atom stereocenters. The molecule has 1 aliphatic carbocycles. The van der Waals surface area contributed by atoms with E-state index >= 15 is 0 Å². The molecule has 1 saturated carbocycles. The minimum Gasteiger partial charge on any atom is -0.393 e. The predicted octanol–water partition coefficient (Wildman–Crippen LogP) is 2.48. The molecule has 1 fully saturated rings. The van der Waals surface area contributed by atoms with Gasteiger partial charge >= 0.3 is 0 Å². The van der Waals surface area contributed by atoms with E-state index in [1.807, 2.05) is 18.7 Å². The topological polar surface area (TPSA) is 55.1 Å². The second-order valence-corrected chi connectivity index (χ2v) is 6.57. The Kier molecular flexibility index (Phi) is 7.00. The minimum absolute atomic E-state index is 0.0250. The van der Waals surface area contributed by atoms with Gasteiger partial charge in [-0.3, -0.25) is 4.79 Å². The summed E-state index contributed by atoms with van der Waals surface area (Å²) in [6.07, 6.45) is 8.37. The van der Waals surface area contributed by atoms with E-state index < -0.39 is 0 Å². The zero-order chi connectivity index (χ0) is 13.5. The summed E-state index contributed by atoms with van der Waals surface area (Å²) in [4.78, 5) is 12.4. The third-order valence-corrected chi connectivity index (χ3v) is 5.01. The summed E-state index contributed by atoms with van der Waals surface area (Å²) in [5.74, 6) is -0.264. The highest BCUT2D eigenvalue weighted by Gasteiger charge is 2.26. The summed E-state index contributed by atoms with van der Waals surface area (Å²) in [6, 6.07) is 0.314. The number of carbonyl (C=O) groups is 1. The van der Waals surface area contributed by atoms with Gasteiger partial charge in [0.15, 0.2) is 0 Å². The number of hydrogen-bond donors (Lipinski definition) is 2. The first-order valence-corrected chi connectivity index (χ1v) is 8.40. The number of thioether (sulfide) groups is 1. The van der Waals surface area contributed by atoms with Crippen LogP contribution in [0.2, 0.25) is 0 Å². The van der Waals surface area contributed by atoms with Gasteiger partial charge in [-0.2, -0.15) is 11.8 Å². The molecule has 0 heterocycles. The van der Waals surface area contributed by atoms with E-state index in [1.54, 1.807) is 0 Å². The lowest BCUT2D eigenvalue weighted by Crippen LogP contribution is -2.44. The van der Waals surface area contributed by atoms with Gasteiger partial charge in [0.2, 0.25) is 5.91 Å². The molecule has 0 aromatic rings. The van der Waals surface area contributed by atoms with Gasteiger partial charge in [0.25, 0.3) is 0 Å². The number of amides is 1. The maximum atomic E-state index is 12.1. The molecule has 1 amide bonds. The van der Waals surface area contributed by atoms with Crippen LogP contribution in [0, 0.1) is 5.92 Å². The minimum atomic E-state index is -0.289. The van der Waals surface area contributed by atoms with Crippen LogP contribution < -0.4 is 11.1 Å². The molecule has 1 aliphatic rings. The van der Waals surface area contributed by atoms with Crippen LogP contribution in [0.4, 0.5) is 0 Å². The second-order valence-electron chi connectivity index (χ2n) is 4.96. The van der Waals surface area contributed by atoms with Crippen LogP contribution in [0.5, 0.6) is 0 Å². The van der Waals surface area contributed by atoms with Crippen LogP contribution in [0.25, 0.3) is 0 Å². The fraction of sp³-hybridized carbons (Fsp3) is 0.846. The quantitative estimate of drug-likeness (QED) is 0.737. The Hall–Kier alpha value is -0.290. The van der Waals surface area contributed by atoms with E-state index in [2.05, 4.69) is 11.6 Å². The van der Waals surface area contributed by atoms with E-state index in [0.717, 1.165) is 30.9 Å². The van der Waals surface area contributed by atoms with Gasteiger partial charge in [-0.25, -0.2) is 0 Å². The van der Waals surface area contributed by atoms with Crippen molar-refractivity contribution in [1.29, 1.82) is 0 Å². The van der Waals surface area contributed by atoms with Crippen molar-refractivity contribution in [2.45, 2.75) is 56.7 Å². The first-order chi connectivity index (χ1) is 8.58. The van der Waals surface area contributed by atoms with Crippen LogP contribution >= 0.6 is 24.0 Å². The lowest BCUT2D eigenvalue weighted by molar-refractivity contribution is -0.124. The molecule has 18 heavy (non-hydrogen) atoms. The highest BCUT2D eigenvalue weighted by molar-refractivity contribution is 7.99. The maximum Gasteiger partial charge on any atom is 0.230 e. The third-order valence-electron chi connectivity index (χ3n) is 3.59. The van der Waals surface area contributed by atoms with Crippen LogP contribution in [0.3, 0.4) is 0 Å². The summed E-state index contributed by atoms with van der Waals surface area (Å²) >= 11 is 6.91. The lowest BCUT2D eigenvalue weighted by atomic mass is 9.94. The molecule has 3 nitrogen and oxygen atoms in total. The summed E-state index contributed by atoms with van der Waals surface area (Å²) in [6.45, 7) is 2.04. The molecular formula is C13H24N2OS2. The Labute approximate surface area is 120 Å². The molecule has 0 aromatic heterocycles. The number of rotatable bonds is 6. The summed E-state index contributed by atoms with van der Waals surface area (Å²) in [7, 11) is 0. The van der Waals surface area contributed by atoms with Gasteiger partial charge in [0, 0.05) is 11.3 Å². The van der Waals surface area contributed by atoms with Crippen molar-refractivity contribution < 1.29 is 4.79 Å². The lowest BCUT2D eigenvalue weighted by Gasteiger charge is -2.29. The maximum absolute atomic E-state index is 12.1. The fourth-order valence-electron chi connectivity index (χ4n) is 2.44. The number of thiocarbonyl (C=S) groups is 1. The van der Waals surface area contributed by atoms with Crippen molar-refractivity contribution in [3.05, 3.63) is 0 Å². The monoisotopic (exact) mass is 288 g/mol. The molecule has 3 N–H and O–H groups in total. The van der Waals surface area contributed by atoms with Crippen LogP contribution in [0.15, 0.2) is 0 Å². The Morgan fingerprint density at radius 1 is 1.44 bits per heavy atom. The van der Waals surface area contributed by atoms with Crippen LogP contribution in [-0.4, -0.2) is 28.4 Å². The normalized spacial score (nSPS) is 25.4. The molecule has 0 aliphatic heterocycles. The average molecular weight is 288 g/mol. The van der Waals surface area contributed by atoms with E-state index in [4.69, 9.17) is 18.0 Å². The van der Waals surface area contributed by atoms with Crippen molar-refractivity contribution in [1.82, 2.24) is 5.32 Å². The Morgan fingerprint density at radius 2 is 2.06 bits per heavy atom. The van der Waals surface area contributed by atoms with Crippen molar-refractivity contribution in [3.8, 4) is 0 Å². The molecule has 0 bridgehead atoms. The van der Waals surface area contributed by atoms with E-state index in [0.29, 0.717) is 11.0 Å². The molecule has 104 valence electrons. The molecule has 0 saturated heterocycles. The predicted molar refractivity (Wildman–Crippen MR) is 82.9 cm³/mol.